The first-order chi connectivity index (χ1) is 13.3. The minimum Gasteiger partial charge on any atom is -0.0956 e. The van der Waals surface area contributed by atoms with Gasteiger partial charge in [0.05, 0.1) is 0 Å². The second kappa shape index (κ2) is 9.19. The van der Waals surface area contributed by atoms with E-state index in [0.717, 1.165) is 17.8 Å². The van der Waals surface area contributed by atoms with E-state index in [1.807, 2.05) is 0 Å². The van der Waals surface area contributed by atoms with Gasteiger partial charge < -0.3 is 0 Å². The van der Waals surface area contributed by atoms with E-state index >= 15 is 0 Å². The van der Waals surface area contributed by atoms with Gasteiger partial charge in [-0.15, -0.1) is 0 Å². The van der Waals surface area contributed by atoms with Crippen LogP contribution in [0.15, 0.2) is 47.6 Å². The van der Waals surface area contributed by atoms with Crippen LogP contribution in [0.3, 0.4) is 0 Å². The van der Waals surface area contributed by atoms with Crippen molar-refractivity contribution in [3.8, 4) is 0 Å². The van der Waals surface area contributed by atoms with Gasteiger partial charge in [0.15, 0.2) is 0 Å². The first-order valence-corrected chi connectivity index (χ1v) is 12.1. The molecule has 3 aliphatic carbocycles. The highest BCUT2D eigenvalue weighted by Crippen LogP contribution is 2.59. The van der Waals surface area contributed by atoms with E-state index in [-0.39, 0.29) is 0 Å². The maximum atomic E-state index is 4.32. The zero-order valence-electron chi connectivity index (χ0n) is 19.3. The van der Waals surface area contributed by atoms with Crippen molar-refractivity contribution in [2.75, 3.05) is 0 Å². The Morgan fingerprint density at radius 2 is 1.68 bits per heavy atom. The molecule has 3 fully saturated rings. The van der Waals surface area contributed by atoms with Gasteiger partial charge in [-0.25, -0.2) is 0 Å². The predicted molar refractivity (Wildman–Crippen MR) is 124 cm³/mol. The highest BCUT2D eigenvalue weighted by Gasteiger charge is 2.50. The monoisotopic (exact) mass is 380 g/mol. The molecule has 0 heteroatoms. The molecule has 0 aromatic rings. The summed E-state index contributed by atoms with van der Waals surface area (Å²) in [5.41, 5.74) is 5.16. The third kappa shape index (κ3) is 4.58. The van der Waals surface area contributed by atoms with Gasteiger partial charge in [0.1, 0.15) is 0 Å². The summed E-state index contributed by atoms with van der Waals surface area (Å²) in [7, 11) is 0. The molecule has 0 aromatic carbocycles. The van der Waals surface area contributed by atoms with Crippen molar-refractivity contribution in [2.24, 2.45) is 35.0 Å². The Kier molecular flexibility index (Phi) is 7.11. The Bertz CT molecular complexity index is 643. The Labute approximate surface area is 175 Å². The van der Waals surface area contributed by atoms with Crippen LogP contribution in [0, 0.1) is 35.0 Å². The highest BCUT2D eigenvalue weighted by molar-refractivity contribution is 5.35. The molecular formula is C28H44. The Morgan fingerprint density at radius 3 is 2.39 bits per heavy atom. The number of fused-ring (bicyclic) bond motifs is 1. The van der Waals surface area contributed by atoms with Crippen LogP contribution in [0.2, 0.25) is 0 Å². The fraction of sp³-hybridized carbons (Fsp3) is 0.714. The lowest BCUT2D eigenvalue weighted by Crippen LogP contribution is -2.35. The zero-order valence-corrected chi connectivity index (χ0v) is 19.3. The third-order valence-electron chi connectivity index (χ3n) is 8.57. The van der Waals surface area contributed by atoms with Gasteiger partial charge in [-0.1, -0.05) is 76.6 Å². The molecule has 3 saturated carbocycles. The lowest BCUT2D eigenvalue weighted by Gasteiger charge is -2.44. The van der Waals surface area contributed by atoms with Gasteiger partial charge in [0, 0.05) is 0 Å². The molecule has 0 amide bonds. The fourth-order valence-corrected chi connectivity index (χ4v) is 6.25. The van der Waals surface area contributed by atoms with Gasteiger partial charge in [-0.3, -0.25) is 0 Å². The Hall–Kier alpha value is -1.04. The van der Waals surface area contributed by atoms with Crippen molar-refractivity contribution in [3.05, 3.63) is 47.6 Å². The van der Waals surface area contributed by atoms with Crippen molar-refractivity contribution in [3.63, 3.8) is 0 Å². The summed E-state index contributed by atoms with van der Waals surface area (Å²) in [6.45, 7) is 16.4. The van der Waals surface area contributed by atoms with Crippen molar-refractivity contribution < 1.29 is 0 Å². The summed E-state index contributed by atoms with van der Waals surface area (Å²) in [5.74, 6) is 3.77. The van der Waals surface area contributed by atoms with Crippen LogP contribution in [0.25, 0.3) is 0 Å². The fourth-order valence-electron chi connectivity index (χ4n) is 6.25. The van der Waals surface area contributed by atoms with Gasteiger partial charge in [-0.2, -0.15) is 0 Å². The number of allylic oxidation sites excluding steroid dienone is 7. The summed E-state index contributed by atoms with van der Waals surface area (Å²) in [5, 5.41) is 0. The van der Waals surface area contributed by atoms with E-state index < -0.39 is 0 Å². The molecule has 0 saturated heterocycles. The standard InChI is InChI=1S/C28H44/c1-20(2)21(3)13-14-23(5)26-17-18-27-25(12-9-19-28(26,27)6)16-15-24-11-8-7-10-22(24)4/h13-16,20-21,23,26-27H,4,7-12,17-19H2,1-3,5-6H3/b14-13+,24-15-,25-16+. The first-order valence-electron chi connectivity index (χ1n) is 12.1. The summed E-state index contributed by atoms with van der Waals surface area (Å²) in [6.07, 6.45) is 22.0. The van der Waals surface area contributed by atoms with Gasteiger partial charge >= 0.3 is 0 Å². The summed E-state index contributed by atoms with van der Waals surface area (Å²) < 4.78 is 0. The van der Waals surface area contributed by atoms with Crippen LogP contribution in [0.4, 0.5) is 0 Å². The van der Waals surface area contributed by atoms with Crippen LogP contribution in [0.5, 0.6) is 0 Å². The summed E-state index contributed by atoms with van der Waals surface area (Å²) >= 11 is 0. The summed E-state index contributed by atoms with van der Waals surface area (Å²) in [6, 6.07) is 0. The van der Waals surface area contributed by atoms with Gasteiger partial charge in [-0.05, 0) is 98.4 Å². The SMILES string of the molecule is C=C1CCCC/C1=C/C=C1\CCCC2(C)C1CCC2C(C)/C=C/C(C)C(C)C. The normalized spacial score (nSPS) is 36.4. The largest absolute Gasteiger partial charge is 0.0956 e. The first kappa shape index (κ1) is 21.7. The van der Waals surface area contributed by atoms with E-state index in [4.69, 9.17) is 0 Å². The smallest absolute Gasteiger partial charge is 0.0143 e. The van der Waals surface area contributed by atoms with E-state index in [1.54, 1.807) is 5.57 Å². The Morgan fingerprint density at radius 1 is 0.929 bits per heavy atom. The van der Waals surface area contributed by atoms with Crippen molar-refractivity contribution >= 4 is 0 Å². The molecule has 0 aromatic heterocycles. The molecule has 0 nitrogen and oxygen atoms in total. The van der Waals surface area contributed by atoms with Crippen LogP contribution >= 0.6 is 0 Å². The molecule has 3 rings (SSSR count). The average Bonchev–Trinajstić information content (AvgIpc) is 3.02. The number of rotatable bonds is 5. The van der Waals surface area contributed by atoms with E-state index in [2.05, 4.69) is 65.5 Å². The second-order valence-corrected chi connectivity index (χ2v) is 10.7. The zero-order chi connectivity index (χ0) is 20.3. The third-order valence-corrected chi connectivity index (χ3v) is 8.57. The maximum Gasteiger partial charge on any atom is -0.0143 e. The van der Waals surface area contributed by atoms with Gasteiger partial charge in [0.2, 0.25) is 0 Å². The molecule has 28 heavy (non-hydrogen) atoms. The summed E-state index contributed by atoms with van der Waals surface area (Å²) in [4.78, 5) is 0. The molecule has 0 radical (unpaired) electrons. The van der Waals surface area contributed by atoms with Gasteiger partial charge in [0.25, 0.3) is 0 Å². The lowest BCUT2D eigenvalue weighted by atomic mass is 9.61. The van der Waals surface area contributed by atoms with Crippen LogP contribution in [-0.2, 0) is 0 Å². The molecule has 5 unspecified atom stereocenters. The second-order valence-electron chi connectivity index (χ2n) is 10.7. The maximum absolute atomic E-state index is 4.32. The van der Waals surface area contributed by atoms with Crippen LogP contribution in [0.1, 0.15) is 92.4 Å². The highest BCUT2D eigenvalue weighted by atomic mass is 14.5. The number of hydrogen-bond acceptors (Lipinski definition) is 0. The van der Waals surface area contributed by atoms with Crippen LogP contribution in [-0.4, -0.2) is 0 Å². The molecule has 156 valence electrons. The molecule has 0 N–H and O–H groups in total. The number of hydrogen-bond donors (Lipinski definition) is 0. The minimum atomic E-state index is 0.497. The van der Waals surface area contributed by atoms with E-state index in [0.29, 0.717) is 17.3 Å². The molecule has 3 aliphatic rings. The molecule has 0 aliphatic heterocycles. The van der Waals surface area contributed by atoms with Crippen molar-refractivity contribution in [1.82, 2.24) is 0 Å². The average molecular weight is 381 g/mol. The topological polar surface area (TPSA) is 0 Å². The lowest BCUT2D eigenvalue weighted by molar-refractivity contribution is 0.112. The van der Waals surface area contributed by atoms with E-state index in [9.17, 15) is 0 Å². The van der Waals surface area contributed by atoms with E-state index in [1.165, 1.54) is 68.9 Å². The molecule has 5 atom stereocenters. The molecule has 0 heterocycles. The van der Waals surface area contributed by atoms with Crippen molar-refractivity contribution in [1.29, 1.82) is 0 Å². The molecule has 0 bridgehead atoms. The quantitative estimate of drug-likeness (QED) is 0.418. The molecule has 0 spiro atoms. The Balaban J connectivity index is 1.74. The molecular weight excluding hydrogens is 336 g/mol. The van der Waals surface area contributed by atoms with Crippen LogP contribution < -0.4 is 0 Å². The van der Waals surface area contributed by atoms with Crippen molar-refractivity contribution in [2.45, 2.75) is 92.4 Å². The predicted octanol–water partition coefficient (Wildman–Crippen LogP) is 8.67. The minimum absolute atomic E-state index is 0.497.